The third kappa shape index (κ3) is 4.54. The van der Waals surface area contributed by atoms with Crippen molar-refractivity contribution in [1.29, 1.82) is 0 Å². The fourth-order valence-electron chi connectivity index (χ4n) is 6.69. The summed E-state index contributed by atoms with van der Waals surface area (Å²) < 4.78 is 0. The highest BCUT2D eigenvalue weighted by atomic mass is 16.3. The predicted octanol–water partition coefficient (Wildman–Crippen LogP) is 3.80. The van der Waals surface area contributed by atoms with Crippen LogP contribution < -0.4 is 5.32 Å². The minimum Gasteiger partial charge on any atom is -0.508 e. The van der Waals surface area contributed by atoms with Gasteiger partial charge in [-0.3, -0.25) is 14.6 Å². The van der Waals surface area contributed by atoms with Crippen molar-refractivity contribution in [1.82, 2.24) is 15.1 Å². The van der Waals surface area contributed by atoms with Crippen LogP contribution in [-0.2, 0) is 0 Å². The molecule has 3 heterocycles. The van der Waals surface area contributed by atoms with Crippen LogP contribution in [0.1, 0.15) is 61.7 Å². The number of nitrogens with zero attached hydrogens (tertiary/aromatic N) is 2. The minimum atomic E-state index is -0.0557. The van der Waals surface area contributed by atoms with Crippen LogP contribution in [0.4, 0.5) is 0 Å². The SMILES string of the molecule is O=C(NCCCCN1CCCC2=C[C@H]3C[C@H](CN4CCCC[C@H]34)[C@@H]21)c1ccc(O)cc1. The zero-order valence-electron chi connectivity index (χ0n) is 18.6. The summed E-state index contributed by atoms with van der Waals surface area (Å²) in [7, 11) is 0. The molecule has 0 unspecified atom stereocenters. The van der Waals surface area contributed by atoms with Gasteiger partial charge >= 0.3 is 0 Å². The van der Waals surface area contributed by atoms with Crippen LogP contribution in [0.25, 0.3) is 0 Å². The number of hydrogen-bond acceptors (Lipinski definition) is 4. The second kappa shape index (κ2) is 9.33. The number of amides is 1. The number of rotatable bonds is 6. The molecule has 2 N–H and O–H groups in total. The number of fused-ring (bicyclic) bond motifs is 6. The van der Waals surface area contributed by atoms with Gasteiger partial charge in [-0.1, -0.05) is 18.1 Å². The van der Waals surface area contributed by atoms with Gasteiger partial charge in [0, 0.05) is 30.7 Å². The van der Waals surface area contributed by atoms with Gasteiger partial charge in [0.15, 0.2) is 0 Å². The number of benzene rings is 1. The highest BCUT2D eigenvalue weighted by Gasteiger charge is 2.45. The first kappa shape index (κ1) is 21.0. The molecule has 0 aromatic heterocycles. The number of phenolic OH excluding ortho intramolecular Hbond substituents is 1. The molecule has 5 nitrogen and oxygen atoms in total. The van der Waals surface area contributed by atoms with E-state index in [0.29, 0.717) is 18.2 Å². The van der Waals surface area contributed by atoms with Gasteiger partial charge in [-0.25, -0.2) is 0 Å². The van der Waals surface area contributed by atoms with Crippen molar-refractivity contribution in [3.05, 3.63) is 41.5 Å². The highest BCUT2D eigenvalue weighted by Crippen LogP contribution is 2.44. The summed E-state index contributed by atoms with van der Waals surface area (Å²) in [5.41, 5.74) is 2.35. The lowest BCUT2D eigenvalue weighted by Crippen LogP contribution is -2.59. The lowest BCUT2D eigenvalue weighted by molar-refractivity contribution is -0.000934. The quantitative estimate of drug-likeness (QED) is 0.540. The third-order valence-electron chi connectivity index (χ3n) is 8.05. The van der Waals surface area contributed by atoms with E-state index in [1.807, 2.05) is 0 Å². The van der Waals surface area contributed by atoms with E-state index in [1.54, 1.807) is 29.8 Å². The lowest BCUT2D eigenvalue weighted by atomic mass is 9.68. The van der Waals surface area contributed by atoms with Crippen LogP contribution in [0.5, 0.6) is 5.75 Å². The van der Waals surface area contributed by atoms with Gasteiger partial charge < -0.3 is 10.4 Å². The van der Waals surface area contributed by atoms with Gasteiger partial charge in [0.05, 0.1) is 0 Å². The Morgan fingerprint density at radius 2 is 1.97 bits per heavy atom. The molecule has 1 aromatic rings. The van der Waals surface area contributed by atoms with Crippen molar-refractivity contribution in [2.24, 2.45) is 11.8 Å². The van der Waals surface area contributed by atoms with E-state index in [0.717, 1.165) is 37.3 Å². The smallest absolute Gasteiger partial charge is 0.251 e. The third-order valence-corrected chi connectivity index (χ3v) is 8.05. The summed E-state index contributed by atoms with van der Waals surface area (Å²) in [6.45, 7) is 5.70. The molecule has 3 fully saturated rings. The Labute approximate surface area is 186 Å². The maximum absolute atomic E-state index is 12.2. The number of nitrogens with one attached hydrogen (secondary N) is 1. The first-order valence-corrected chi connectivity index (χ1v) is 12.4. The predicted molar refractivity (Wildman–Crippen MR) is 123 cm³/mol. The Morgan fingerprint density at radius 3 is 2.84 bits per heavy atom. The molecule has 1 amide bonds. The molecule has 3 aliphatic heterocycles. The van der Waals surface area contributed by atoms with E-state index in [4.69, 9.17) is 0 Å². The molecule has 168 valence electrons. The molecule has 2 bridgehead atoms. The van der Waals surface area contributed by atoms with Crippen LogP contribution in [0, 0.1) is 11.8 Å². The number of likely N-dealkylation sites (tertiary alicyclic amines) is 1. The monoisotopic (exact) mass is 423 g/mol. The maximum atomic E-state index is 12.2. The Morgan fingerprint density at radius 1 is 1.10 bits per heavy atom. The normalized spacial score (nSPS) is 30.8. The maximum Gasteiger partial charge on any atom is 0.251 e. The molecule has 1 aliphatic carbocycles. The lowest BCUT2D eigenvalue weighted by Gasteiger charge is -2.55. The van der Waals surface area contributed by atoms with Gasteiger partial charge in [0.25, 0.3) is 5.91 Å². The van der Waals surface area contributed by atoms with E-state index in [1.165, 1.54) is 58.2 Å². The van der Waals surface area contributed by atoms with E-state index < -0.39 is 0 Å². The molecule has 0 spiro atoms. The van der Waals surface area contributed by atoms with Crippen LogP contribution in [-0.4, -0.2) is 65.6 Å². The molecule has 4 atom stereocenters. The number of hydrogen-bond donors (Lipinski definition) is 2. The van der Waals surface area contributed by atoms with Gasteiger partial charge in [-0.2, -0.15) is 0 Å². The van der Waals surface area contributed by atoms with Crippen LogP contribution >= 0.6 is 0 Å². The van der Waals surface area contributed by atoms with E-state index in [9.17, 15) is 9.90 Å². The zero-order chi connectivity index (χ0) is 21.2. The number of piperidine rings is 3. The summed E-state index contributed by atoms with van der Waals surface area (Å²) in [6.07, 6.45) is 13.1. The molecule has 0 radical (unpaired) electrons. The first-order valence-electron chi connectivity index (χ1n) is 12.4. The summed E-state index contributed by atoms with van der Waals surface area (Å²) in [6, 6.07) is 7.94. The largest absolute Gasteiger partial charge is 0.508 e. The molecule has 31 heavy (non-hydrogen) atoms. The second-order valence-electron chi connectivity index (χ2n) is 10.1. The number of aromatic hydroxyl groups is 1. The van der Waals surface area contributed by atoms with Crippen molar-refractivity contribution in [2.45, 2.75) is 63.5 Å². The average Bonchev–Trinajstić information content (AvgIpc) is 2.79. The first-order chi connectivity index (χ1) is 15.2. The molecular weight excluding hydrogens is 386 g/mol. The van der Waals surface area contributed by atoms with E-state index >= 15 is 0 Å². The van der Waals surface area contributed by atoms with Crippen molar-refractivity contribution >= 4 is 5.91 Å². The highest BCUT2D eigenvalue weighted by molar-refractivity contribution is 5.94. The van der Waals surface area contributed by atoms with Gasteiger partial charge in [0.2, 0.25) is 0 Å². The molecular formula is C26H37N3O2. The number of unbranched alkanes of at least 4 members (excludes halogenated alkanes) is 1. The Balaban J connectivity index is 1.12. The molecule has 1 aromatic carbocycles. The topological polar surface area (TPSA) is 55.8 Å². The van der Waals surface area contributed by atoms with Gasteiger partial charge in [0.1, 0.15) is 5.75 Å². The molecule has 0 saturated carbocycles. The summed E-state index contributed by atoms with van der Waals surface area (Å²) in [4.78, 5) is 17.8. The minimum absolute atomic E-state index is 0.0557. The zero-order valence-corrected chi connectivity index (χ0v) is 18.6. The molecule has 5 heteroatoms. The van der Waals surface area contributed by atoms with E-state index in [2.05, 4.69) is 21.2 Å². The Hall–Kier alpha value is -1.85. The number of carbonyl (C=O) groups is 1. The van der Waals surface area contributed by atoms with Crippen LogP contribution in [0.2, 0.25) is 0 Å². The molecule has 4 aliphatic rings. The number of phenols is 1. The van der Waals surface area contributed by atoms with Crippen LogP contribution in [0.3, 0.4) is 0 Å². The average molecular weight is 424 g/mol. The van der Waals surface area contributed by atoms with Gasteiger partial charge in [-0.05, 0) is 101 Å². The number of carbonyl (C=O) groups excluding carboxylic acids is 1. The second-order valence-corrected chi connectivity index (χ2v) is 10.1. The Bertz CT molecular complexity index is 805. The van der Waals surface area contributed by atoms with Crippen molar-refractivity contribution in [2.75, 3.05) is 32.7 Å². The molecule has 5 rings (SSSR count). The molecule has 3 saturated heterocycles. The van der Waals surface area contributed by atoms with Crippen molar-refractivity contribution in [3.63, 3.8) is 0 Å². The van der Waals surface area contributed by atoms with Crippen molar-refractivity contribution in [3.8, 4) is 5.75 Å². The standard InChI is InChI=1S/C26H37N3O2/c30-23-10-8-19(9-11-23)26(31)27-12-2-4-13-28-15-5-6-20-16-21-17-22(25(20)28)18-29-14-3-1-7-24(21)29/h8-11,16,21-22,24-25,30H,1-7,12-15,17-18H2,(H,27,31)/t21-,22+,24+,25+/m0/s1. The summed E-state index contributed by atoms with van der Waals surface area (Å²) in [5, 5.41) is 12.4. The summed E-state index contributed by atoms with van der Waals surface area (Å²) in [5.74, 6) is 1.75. The van der Waals surface area contributed by atoms with E-state index in [-0.39, 0.29) is 11.7 Å². The van der Waals surface area contributed by atoms with Crippen LogP contribution in [0.15, 0.2) is 35.9 Å². The summed E-state index contributed by atoms with van der Waals surface area (Å²) >= 11 is 0. The fraction of sp³-hybridized carbons (Fsp3) is 0.654. The fourth-order valence-corrected chi connectivity index (χ4v) is 6.69. The van der Waals surface area contributed by atoms with Crippen molar-refractivity contribution < 1.29 is 9.90 Å². The Kier molecular flexibility index (Phi) is 6.33. The van der Waals surface area contributed by atoms with Gasteiger partial charge in [-0.15, -0.1) is 0 Å².